The maximum Gasteiger partial charge on any atom is 0.417 e. The van der Waals surface area contributed by atoms with Crippen molar-refractivity contribution in [3.05, 3.63) is 0 Å². The Balaban J connectivity index is 3.11. The molecule has 112 valence electrons. The maximum atomic E-state index is 12.4. The van der Waals surface area contributed by atoms with Crippen molar-refractivity contribution in [2.45, 2.75) is 30.1 Å². The highest BCUT2D eigenvalue weighted by Crippen LogP contribution is 2.39. The van der Waals surface area contributed by atoms with Crippen LogP contribution in [0.1, 0.15) is 6.42 Å². The van der Waals surface area contributed by atoms with Crippen LogP contribution >= 0.6 is 0 Å². The van der Waals surface area contributed by atoms with Crippen molar-refractivity contribution in [1.82, 2.24) is 4.90 Å². The van der Waals surface area contributed by atoms with Crippen LogP contribution in [0.25, 0.3) is 0 Å². The fourth-order valence-electron chi connectivity index (χ4n) is 1.71. The molecule has 2 N–H and O–H groups in total. The summed E-state index contributed by atoms with van der Waals surface area (Å²) < 4.78 is 96.0. The van der Waals surface area contributed by atoms with Gasteiger partial charge in [0.2, 0.25) is 22.0 Å². The average Bonchev–Trinajstić information content (AvgIpc) is 2.41. The van der Waals surface area contributed by atoms with E-state index in [2.05, 4.69) is 5.14 Å². The number of nitrogens with two attached hydrogens (primary N) is 1. The molecule has 1 aliphatic rings. The predicted octanol–water partition coefficient (Wildman–Crippen LogP) is 0.369. The molecular formula is C7H8F6N2O3S. The molecule has 0 bridgehead atoms. The number of sulfonamides is 1. The molecule has 19 heavy (non-hydrogen) atoms. The first-order chi connectivity index (χ1) is 8.24. The Hall–Kier alpha value is -1.04. The van der Waals surface area contributed by atoms with Crippen molar-refractivity contribution >= 4 is 15.9 Å². The first kappa shape index (κ1) is 16.0. The van der Waals surface area contributed by atoms with Crippen LogP contribution in [-0.2, 0) is 14.8 Å². The highest BCUT2D eigenvalue weighted by atomic mass is 32.2. The van der Waals surface area contributed by atoms with E-state index in [0.717, 1.165) is 0 Å². The zero-order valence-corrected chi connectivity index (χ0v) is 9.81. The van der Waals surface area contributed by atoms with Gasteiger partial charge in [-0.05, 0) is 0 Å². The number of nitrogens with zero attached hydrogens (tertiary/aromatic N) is 1. The predicted molar refractivity (Wildman–Crippen MR) is 49.1 cm³/mol. The third-order valence-corrected chi connectivity index (χ3v) is 3.76. The molecule has 12 heteroatoms. The van der Waals surface area contributed by atoms with Gasteiger partial charge in [0.1, 0.15) is 5.25 Å². The summed E-state index contributed by atoms with van der Waals surface area (Å²) in [6.07, 6.45) is -12.5. The van der Waals surface area contributed by atoms with Crippen molar-refractivity contribution in [3.8, 4) is 0 Å². The highest BCUT2D eigenvalue weighted by Gasteiger charge is 2.62. The minimum absolute atomic E-state index is 0.547. The zero-order chi connectivity index (χ0) is 15.2. The van der Waals surface area contributed by atoms with Gasteiger partial charge in [-0.15, -0.1) is 0 Å². The fraction of sp³-hybridized carbons (Fsp3) is 0.857. The number of halogens is 6. The van der Waals surface area contributed by atoms with Crippen molar-refractivity contribution in [3.63, 3.8) is 0 Å². The molecule has 1 atom stereocenters. The lowest BCUT2D eigenvalue weighted by Crippen LogP contribution is -2.55. The first-order valence-electron chi connectivity index (χ1n) is 4.69. The van der Waals surface area contributed by atoms with Crippen LogP contribution in [0, 0.1) is 0 Å². The van der Waals surface area contributed by atoms with Gasteiger partial charge in [-0.2, -0.15) is 26.3 Å². The number of hydrogen-bond donors (Lipinski definition) is 1. The molecule has 0 aromatic rings. The molecule has 0 radical (unpaired) electrons. The van der Waals surface area contributed by atoms with Crippen molar-refractivity contribution in [2.75, 3.05) is 6.54 Å². The summed E-state index contributed by atoms with van der Waals surface area (Å²) in [4.78, 5) is 10.6. The molecule has 0 saturated carbocycles. The summed E-state index contributed by atoms with van der Waals surface area (Å²) in [6, 6.07) is -4.03. The van der Waals surface area contributed by atoms with Gasteiger partial charge in [0.25, 0.3) is 0 Å². The number of carbonyl (C=O) groups is 1. The normalized spacial score (nSPS) is 22.4. The molecule has 1 aliphatic heterocycles. The van der Waals surface area contributed by atoms with Crippen LogP contribution in [-0.4, -0.2) is 49.4 Å². The average molecular weight is 314 g/mol. The van der Waals surface area contributed by atoms with E-state index in [1.165, 1.54) is 0 Å². The first-order valence-corrected chi connectivity index (χ1v) is 6.30. The molecule has 1 fully saturated rings. The lowest BCUT2D eigenvalue weighted by atomic mass is 10.2. The van der Waals surface area contributed by atoms with Crippen LogP contribution in [0.2, 0.25) is 0 Å². The Morgan fingerprint density at radius 3 is 1.84 bits per heavy atom. The highest BCUT2D eigenvalue weighted by molar-refractivity contribution is 7.89. The maximum absolute atomic E-state index is 12.4. The third-order valence-electron chi connectivity index (χ3n) is 2.52. The topological polar surface area (TPSA) is 80.5 Å². The monoisotopic (exact) mass is 314 g/mol. The van der Waals surface area contributed by atoms with Crippen LogP contribution in [0.4, 0.5) is 26.3 Å². The van der Waals surface area contributed by atoms with E-state index in [0.29, 0.717) is 0 Å². The van der Waals surface area contributed by atoms with Crippen LogP contribution < -0.4 is 5.14 Å². The van der Waals surface area contributed by atoms with E-state index in [-0.39, 0.29) is 0 Å². The summed E-state index contributed by atoms with van der Waals surface area (Å²) in [5, 5.41) is 2.84. The molecule has 5 nitrogen and oxygen atoms in total. The zero-order valence-electron chi connectivity index (χ0n) is 8.99. The summed E-state index contributed by atoms with van der Waals surface area (Å²) in [6.45, 7) is -1.23. The minimum Gasteiger partial charge on any atom is -0.322 e. The Morgan fingerprint density at radius 2 is 1.58 bits per heavy atom. The van der Waals surface area contributed by atoms with Gasteiger partial charge in [-0.3, -0.25) is 4.79 Å². The number of alkyl halides is 6. The molecule has 0 spiro atoms. The lowest BCUT2D eigenvalue weighted by Gasteiger charge is -2.31. The van der Waals surface area contributed by atoms with Gasteiger partial charge < -0.3 is 4.90 Å². The van der Waals surface area contributed by atoms with Crippen LogP contribution in [0.15, 0.2) is 0 Å². The van der Waals surface area contributed by atoms with Crippen LogP contribution in [0.3, 0.4) is 0 Å². The smallest absolute Gasteiger partial charge is 0.322 e. The van der Waals surface area contributed by atoms with E-state index >= 15 is 0 Å². The van der Waals surface area contributed by atoms with Crippen molar-refractivity contribution in [2.24, 2.45) is 5.14 Å². The van der Waals surface area contributed by atoms with Gasteiger partial charge in [0.15, 0.2) is 0 Å². The minimum atomic E-state index is -5.75. The number of hydrogen-bond acceptors (Lipinski definition) is 3. The fourth-order valence-corrected chi connectivity index (χ4v) is 2.45. The van der Waals surface area contributed by atoms with E-state index in [1.807, 2.05) is 0 Å². The molecular weight excluding hydrogens is 306 g/mol. The number of likely N-dealkylation sites (tertiary alicyclic amines) is 1. The Labute approximate surface area is 103 Å². The van der Waals surface area contributed by atoms with Crippen LogP contribution in [0.5, 0.6) is 0 Å². The number of carbonyl (C=O) groups excluding carboxylic acids is 1. The Morgan fingerprint density at radius 1 is 1.16 bits per heavy atom. The van der Waals surface area contributed by atoms with Crippen molar-refractivity contribution in [1.29, 1.82) is 0 Å². The number of amides is 1. The number of primary sulfonamides is 1. The van der Waals surface area contributed by atoms with E-state index in [4.69, 9.17) is 0 Å². The van der Waals surface area contributed by atoms with Gasteiger partial charge in [-0.25, -0.2) is 13.6 Å². The van der Waals surface area contributed by atoms with Gasteiger partial charge in [0.05, 0.1) is 0 Å². The quantitative estimate of drug-likeness (QED) is 0.748. The van der Waals surface area contributed by atoms with E-state index in [9.17, 15) is 39.6 Å². The molecule has 0 aliphatic carbocycles. The Bertz CT molecular complexity index is 456. The molecule has 1 saturated heterocycles. The number of rotatable bonds is 2. The largest absolute Gasteiger partial charge is 0.417 e. The molecule has 1 rings (SSSR count). The molecule has 1 heterocycles. The summed E-state index contributed by atoms with van der Waals surface area (Å²) in [7, 11) is -4.39. The lowest BCUT2D eigenvalue weighted by molar-refractivity contribution is -0.282. The standard InChI is InChI=1S/C7H8F6N2O3S/c8-6(9,10)5(7(11,12)13)15-2-3(1-4(15)16)19(14,17)18/h3,5H,1-2H2,(H2,14,17,18). The summed E-state index contributed by atoms with van der Waals surface area (Å²) >= 11 is 0. The molecule has 1 amide bonds. The molecule has 0 aromatic heterocycles. The SMILES string of the molecule is NS(=O)(=O)C1CC(=O)N(C(C(F)(F)F)C(F)(F)F)C1. The van der Waals surface area contributed by atoms with Gasteiger partial charge in [-0.1, -0.05) is 0 Å². The molecule has 1 unspecified atom stereocenters. The van der Waals surface area contributed by atoms with Gasteiger partial charge in [0, 0.05) is 13.0 Å². The Kier molecular flexibility index (Phi) is 3.80. The van der Waals surface area contributed by atoms with E-state index < -0.39 is 57.4 Å². The van der Waals surface area contributed by atoms with Crippen molar-refractivity contribution < 1.29 is 39.6 Å². The third kappa shape index (κ3) is 3.49. The van der Waals surface area contributed by atoms with Gasteiger partial charge >= 0.3 is 12.4 Å². The second kappa shape index (κ2) is 4.51. The second-order valence-electron chi connectivity index (χ2n) is 3.95. The van der Waals surface area contributed by atoms with E-state index in [1.54, 1.807) is 0 Å². The molecule has 0 aromatic carbocycles. The summed E-state index contributed by atoms with van der Waals surface area (Å²) in [5.41, 5.74) is 0. The second-order valence-corrected chi connectivity index (χ2v) is 5.79. The summed E-state index contributed by atoms with van der Waals surface area (Å²) in [5.74, 6) is -1.56.